The van der Waals surface area contributed by atoms with Crippen molar-refractivity contribution in [2.75, 3.05) is 6.61 Å². The van der Waals surface area contributed by atoms with Crippen molar-refractivity contribution in [1.82, 2.24) is 0 Å². The first-order valence-electron chi connectivity index (χ1n) is 6.36. The van der Waals surface area contributed by atoms with Gasteiger partial charge in [0.15, 0.2) is 0 Å². The molecule has 0 amide bonds. The third-order valence-corrected chi connectivity index (χ3v) is 4.08. The summed E-state index contributed by atoms with van der Waals surface area (Å²) in [6, 6.07) is 0. The van der Waals surface area contributed by atoms with E-state index in [0.717, 1.165) is 32.3 Å². The van der Waals surface area contributed by atoms with Gasteiger partial charge in [0.25, 0.3) is 0 Å². The second kappa shape index (κ2) is 5.31. The van der Waals surface area contributed by atoms with Gasteiger partial charge in [-0.1, -0.05) is 27.2 Å². The standard InChI is InChI=1S/C13H26O2/c1-5-7-15-13(4)10(3)8-12(14)9-11(13)6-2/h10-12,14H,5-9H2,1-4H3. The zero-order chi connectivity index (χ0) is 11.5. The Hall–Kier alpha value is -0.0800. The summed E-state index contributed by atoms with van der Waals surface area (Å²) >= 11 is 0. The average molecular weight is 214 g/mol. The molecule has 0 aliphatic heterocycles. The number of rotatable bonds is 4. The van der Waals surface area contributed by atoms with Crippen molar-refractivity contribution >= 4 is 0 Å². The van der Waals surface area contributed by atoms with E-state index in [0.29, 0.717) is 11.8 Å². The van der Waals surface area contributed by atoms with E-state index < -0.39 is 0 Å². The van der Waals surface area contributed by atoms with Crippen molar-refractivity contribution in [3.8, 4) is 0 Å². The smallest absolute Gasteiger partial charge is 0.0709 e. The Morgan fingerprint density at radius 1 is 1.33 bits per heavy atom. The highest BCUT2D eigenvalue weighted by atomic mass is 16.5. The van der Waals surface area contributed by atoms with E-state index in [1.165, 1.54) is 0 Å². The number of aliphatic hydroxyl groups excluding tert-OH is 1. The maximum Gasteiger partial charge on any atom is 0.0709 e. The van der Waals surface area contributed by atoms with E-state index in [4.69, 9.17) is 4.74 Å². The molecule has 0 aromatic heterocycles. The summed E-state index contributed by atoms with van der Waals surface area (Å²) in [6.45, 7) is 9.62. The van der Waals surface area contributed by atoms with Crippen LogP contribution in [0, 0.1) is 11.8 Å². The van der Waals surface area contributed by atoms with Crippen LogP contribution in [0.2, 0.25) is 0 Å². The average Bonchev–Trinajstić information content (AvgIpc) is 2.20. The lowest BCUT2D eigenvalue weighted by Crippen LogP contribution is -2.50. The molecule has 0 spiro atoms. The highest BCUT2D eigenvalue weighted by molar-refractivity contribution is 4.94. The van der Waals surface area contributed by atoms with Crippen LogP contribution >= 0.6 is 0 Å². The van der Waals surface area contributed by atoms with Gasteiger partial charge in [0.05, 0.1) is 11.7 Å². The van der Waals surface area contributed by atoms with Gasteiger partial charge >= 0.3 is 0 Å². The van der Waals surface area contributed by atoms with Crippen molar-refractivity contribution < 1.29 is 9.84 Å². The van der Waals surface area contributed by atoms with Crippen molar-refractivity contribution in [1.29, 1.82) is 0 Å². The van der Waals surface area contributed by atoms with E-state index in [1.54, 1.807) is 0 Å². The van der Waals surface area contributed by atoms with E-state index in [2.05, 4.69) is 27.7 Å². The molecule has 2 nitrogen and oxygen atoms in total. The number of ether oxygens (including phenoxy) is 1. The summed E-state index contributed by atoms with van der Waals surface area (Å²) < 4.78 is 6.07. The lowest BCUT2D eigenvalue weighted by Gasteiger charge is -2.47. The first-order valence-corrected chi connectivity index (χ1v) is 6.36. The van der Waals surface area contributed by atoms with Gasteiger partial charge in [-0.25, -0.2) is 0 Å². The lowest BCUT2D eigenvalue weighted by atomic mass is 9.68. The highest BCUT2D eigenvalue weighted by Gasteiger charge is 2.44. The van der Waals surface area contributed by atoms with Crippen LogP contribution < -0.4 is 0 Å². The van der Waals surface area contributed by atoms with Gasteiger partial charge in [-0.2, -0.15) is 0 Å². The normalized spacial score (nSPS) is 41.8. The van der Waals surface area contributed by atoms with E-state index in [-0.39, 0.29) is 11.7 Å². The van der Waals surface area contributed by atoms with Gasteiger partial charge in [-0.15, -0.1) is 0 Å². The van der Waals surface area contributed by atoms with Gasteiger partial charge in [-0.3, -0.25) is 0 Å². The Kier molecular flexibility index (Phi) is 4.60. The van der Waals surface area contributed by atoms with E-state index in [1.807, 2.05) is 0 Å². The maximum absolute atomic E-state index is 9.78. The van der Waals surface area contributed by atoms with Crippen molar-refractivity contribution in [2.24, 2.45) is 11.8 Å². The Morgan fingerprint density at radius 3 is 2.53 bits per heavy atom. The first kappa shape index (κ1) is 13.0. The van der Waals surface area contributed by atoms with Gasteiger partial charge in [0.2, 0.25) is 0 Å². The molecule has 0 aromatic carbocycles. The molecule has 0 bridgehead atoms. The van der Waals surface area contributed by atoms with Crippen LogP contribution in [0.25, 0.3) is 0 Å². The van der Waals surface area contributed by atoms with Gasteiger partial charge < -0.3 is 9.84 Å². The van der Waals surface area contributed by atoms with Crippen molar-refractivity contribution in [3.05, 3.63) is 0 Å². The molecule has 1 rings (SSSR count). The second-order valence-corrected chi connectivity index (χ2v) is 5.16. The minimum absolute atomic E-state index is 0.0238. The van der Waals surface area contributed by atoms with Crippen LogP contribution in [0.4, 0.5) is 0 Å². The van der Waals surface area contributed by atoms with Gasteiger partial charge in [0, 0.05) is 6.61 Å². The molecule has 1 aliphatic carbocycles. The predicted molar refractivity (Wildman–Crippen MR) is 62.8 cm³/mol. The summed E-state index contributed by atoms with van der Waals surface area (Å²) in [7, 11) is 0. The molecule has 90 valence electrons. The van der Waals surface area contributed by atoms with Crippen LogP contribution in [0.1, 0.15) is 53.4 Å². The molecular formula is C13H26O2. The number of hydrogen-bond acceptors (Lipinski definition) is 2. The molecule has 0 radical (unpaired) electrons. The van der Waals surface area contributed by atoms with Crippen molar-refractivity contribution in [2.45, 2.75) is 65.1 Å². The first-order chi connectivity index (χ1) is 7.04. The monoisotopic (exact) mass is 214 g/mol. The van der Waals surface area contributed by atoms with Gasteiger partial charge in [-0.05, 0) is 38.0 Å². The molecule has 4 atom stereocenters. The Balaban J connectivity index is 2.71. The van der Waals surface area contributed by atoms with Crippen LogP contribution in [-0.2, 0) is 4.74 Å². The molecule has 4 unspecified atom stereocenters. The molecule has 0 saturated heterocycles. The zero-order valence-corrected chi connectivity index (χ0v) is 10.6. The fourth-order valence-corrected chi connectivity index (χ4v) is 2.86. The Bertz CT molecular complexity index is 193. The highest BCUT2D eigenvalue weighted by Crippen LogP contribution is 2.42. The van der Waals surface area contributed by atoms with Crippen LogP contribution in [0.5, 0.6) is 0 Å². The Labute approximate surface area is 94.0 Å². The summed E-state index contributed by atoms with van der Waals surface area (Å²) in [5, 5.41) is 9.78. The molecule has 1 fully saturated rings. The predicted octanol–water partition coefficient (Wildman–Crippen LogP) is 2.99. The molecule has 15 heavy (non-hydrogen) atoms. The fraction of sp³-hybridized carbons (Fsp3) is 1.00. The topological polar surface area (TPSA) is 29.5 Å². The van der Waals surface area contributed by atoms with Gasteiger partial charge in [0.1, 0.15) is 0 Å². The zero-order valence-electron chi connectivity index (χ0n) is 10.6. The third kappa shape index (κ3) is 2.73. The minimum Gasteiger partial charge on any atom is -0.393 e. The van der Waals surface area contributed by atoms with Crippen molar-refractivity contribution in [3.63, 3.8) is 0 Å². The largest absolute Gasteiger partial charge is 0.393 e. The summed E-state index contributed by atoms with van der Waals surface area (Å²) in [4.78, 5) is 0. The second-order valence-electron chi connectivity index (χ2n) is 5.16. The summed E-state index contributed by atoms with van der Waals surface area (Å²) in [5.41, 5.74) is -0.0238. The summed E-state index contributed by atoms with van der Waals surface area (Å²) in [6.07, 6.45) is 3.84. The molecule has 1 saturated carbocycles. The molecular weight excluding hydrogens is 188 g/mol. The minimum atomic E-state index is -0.122. The fourth-order valence-electron chi connectivity index (χ4n) is 2.86. The quantitative estimate of drug-likeness (QED) is 0.779. The molecule has 0 aromatic rings. The molecule has 0 heterocycles. The van der Waals surface area contributed by atoms with E-state index in [9.17, 15) is 5.11 Å². The maximum atomic E-state index is 9.78. The van der Waals surface area contributed by atoms with Crippen LogP contribution in [-0.4, -0.2) is 23.4 Å². The third-order valence-electron chi connectivity index (χ3n) is 4.08. The molecule has 1 N–H and O–H groups in total. The number of aliphatic hydroxyl groups is 1. The van der Waals surface area contributed by atoms with Crippen LogP contribution in [0.3, 0.4) is 0 Å². The molecule has 2 heteroatoms. The summed E-state index contributed by atoms with van der Waals surface area (Å²) in [5.74, 6) is 0.959. The van der Waals surface area contributed by atoms with E-state index >= 15 is 0 Å². The number of hydrogen-bond donors (Lipinski definition) is 1. The lowest BCUT2D eigenvalue weighted by molar-refractivity contribution is -0.149. The SMILES string of the molecule is CCCOC1(C)C(C)CC(O)CC1CC. The van der Waals surface area contributed by atoms with Crippen LogP contribution in [0.15, 0.2) is 0 Å². The Morgan fingerprint density at radius 2 is 2.00 bits per heavy atom. The molecule has 1 aliphatic rings.